The van der Waals surface area contributed by atoms with Crippen LogP contribution in [0.5, 0.6) is 0 Å². The second kappa shape index (κ2) is 7.82. The molecule has 6 heteroatoms. The number of sulfonamides is 1. The second-order valence-corrected chi connectivity index (χ2v) is 10.9. The average Bonchev–Trinajstić information content (AvgIpc) is 3.43. The summed E-state index contributed by atoms with van der Waals surface area (Å²) in [4.78, 5) is 15.0. The molecule has 0 unspecified atom stereocenters. The Morgan fingerprint density at radius 1 is 1.10 bits per heavy atom. The number of carbonyl (C=O) groups is 1. The van der Waals surface area contributed by atoms with Crippen LogP contribution in [0.2, 0.25) is 0 Å². The number of amides is 1. The summed E-state index contributed by atoms with van der Waals surface area (Å²) in [6.45, 7) is 4.46. The van der Waals surface area contributed by atoms with E-state index in [2.05, 4.69) is 30.3 Å². The molecule has 0 bridgehead atoms. The van der Waals surface area contributed by atoms with Crippen molar-refractivity contribution in [2.24, 2.45) is 22.4 Å². The van der Waals surface area contributed by atoms with Crippen molar-refractivity contribution in [1.29, 1.82) is 0 Å². The number of primary sulfonamides is 1. The molecule has 2 aromatic carbocycles. The number of rotatable bonds is 6. The summed E-state index contributed by atoms with van der Waals surface area (Å²) < 4.78 is 24.0. The van der Waals surface area contributed by atoms with E-state index in [1.54, 1.807) is 0 Å². The minimum Gasteiger partial charge on any atom is -0.338 e. The molecule has 1 spiro atoms. The lowest BCUT2D eigenvalue weighted by molar-refractivity contribution is -0.135. The lowest BCUT2D eigenvalue weighted by atomic mass is 9.86. The summed E-state index contributed by atoms with van der Waals surface area (Å²) in [5.74, 6) is -0.192. The molecule has 1 heterocycles. The molecule has 2 fully saturated rings. The summed E-state index contributed by atoms with van der Waals surface area (Å²) >= 11 is 0. The van der Waals surface area contributed by atoms with Gasteiger partial charge in [-0.1, -0.05) is 68.4 Å². The lowest BCUT2D eigenvalue weighted by Crippen LogP contribution is -2.43. The van der Waals surface area contributed by atoms with Crippen LogP contribution in [0, 0.1) is 17.3 Å². The van der Waals surface area contributed by atoms with Gasteiger partial charge in [-0.25, -0.2) is 13.6 Å². The third-order valence-corrected chi connectivity index (χ3v) is 7.52. The van der Waals surface area contributed by atoms with Crippen molar-refractivity contribution in [2.45, 2.75) is 39.2 Å². The zero-order chi connectivity index (χ0) is 21.5. The van der Waals surface area contributed by atoms with Crippen molar-refractivity contribution in [3.05, 3.63) is 60.2 Å². The topological polar surface area (TPSA) is 80.5 Å². The van der Waals surface area contributed by atoms with E-state index < -0.39 is 10.0 Å². The first-order chi connectivity index (χ1) is 14.2. The molecule has 1 amide bonds. The Hall–Kier alpha value is -2.18. The molecule has 2 N–H and O–H groups in total. The van der Waals surface area contributed by atoms with Gasteiger partial charge in [0, 0.05) is 24.4 Å². The van der Waals surface area contributed by atoms with Crippen molar-refractivity contribution in [3.63, 3.8) is 0 Å². The summed E-state index contributed by atoms with van der Waals surface area (Å²) in [7, 11) is -3.62. The molecular formula is C24H30N2O3S. The van der Waals surface area contributed by atoms with Crippen LogP contribution in [-0.2, 0) is 21.2 Å². The zero-order valence-electron chi connectivity index (χ0n) is 17.6. The van der Waals surface area contributed by atoms with Crippen LogP contribution in [-0.4, -0.2) is 37.6 Å². The smallest absolute Gasteiger partial charge is 0.225 e. The van der Waals surface area contributed by atoms with Gasteiger partial charge in [-0.2, -0.15) is 0 Å². The molecule has 160 valence electrons. The van der Waals surface area contributed by atoms with Crippen LogP contribution in [0.4, 0.5) is 0 Å². The highest BCUT2D eigenvalue weighted by atomic mass is 32.2. The maximum atomic E-state index is 13.0. The molecule has 4 rings (SSSR count). The number of benzene rings is 2. The molecule has 0 radical (unpaired) electrons. The first-order valence-corrected chi connectivity index (χ1v) is 12.4. The molecular weight excluding hydrogens is 396 g/mol. The van der Waals surface area contributed by atoms with Gasteiger partial charge in [-0.15, -0.1) is 0 Å². The maximum Gasteiger partial charge on any atom is 0.225 e. The highest BCUT2D eigenvalue weighted by molar-refractivity contribution is 7.89. The zero-order valence-corrected chi connectivity index (χ0v) is 18.4. The minimum atomic E-state index is -3.62. The molecule has 30 heavy (non-hydrogen) atoms. The van der Waals surface area contributed by atoms with Crippen LogP contribution in [0.25, 0.3) is 11.1 Å². The molecule has 1 aliphatic heterocycles. The fraction of sp³-hybridized carbons (Fsp3) is 0.458. The fourth-order valence-corrected chi connectivity index (χ4v) is 6.08. The number of carbonyl (C=O) groups excluding carboxylic acids is 1. The largest absolute Gasteiger partial charge is 0.338 e. The van der Waals surface area contributed by atoms with Crippen molar-refractivity contribution in [1.82, 2.24) is 4.90 Å². The Balaban J connectivity index is 1.67. The van der Waals surface area contributed by atoms with Gasteiger partial charge in [0.2, 0.25) is 15.9 Å². The Morgan fingerprint density at radius 2 is 1.77 bits per heavy atom. The molecule has 0 aromatic heterocycles. The summed E-state index contributed by atoms with van der Waals surface area (Å²) in [5.41, 5.74) is 3.29. The van der Waals surface area contributed by atoms with E-state index in [-0.39, 0.29) is 35.0 Å². The Bertz CT molecular complexity index is 1030. The number of likely N-dealkylation sites (tertiary alicyclic amines) is 1. The third-order valence-electron chi connectivity index (χ3n) is 6.70. The molecule has 2 atom stereocenters. The van der Waals surface area contributed by atoms with Crippen LogP contribution in [0.3, 0.4) is 0 Å². The van der Waals surface area contributed by atoms with Gasteiger partial charge >= 0.3 is 0 Å². The Morgan fingerprint density at radius 3 is 2.37 bits per heavy atom. The normalized spacial score (nSPS) is 22.6. The lowest BCUT2D eigenvalue weighted by Gasteiger charge is -2.30. The van der Waals surface area contributed by atoms with E-state index in [1.807, 2.05) is 43.0 Å². The van der Waals surface area contributed by atoms with Gasteiger partial charge in [0.1, 0.15) is 0 Å². The number of nitrogens with zero attached hydrogens (tertiary/aromatic N) is 1. The van der Waals surface area contributed by atoms with Crippen LogP contribution in [0.1, 0.15) is 32.3 Å². The van der Waals surface area contributed by atoms with Crippen molar-refractivity contribution in [2.75, 3.05) is 12.3 Å². The fourth-order valence-electron chi connectivity index (χ4n) is 5.00. The number of nitrogens with two attached hydrogens (primary N) is 1. The summed E-state index contributed by atoms with van der Waals surface area (Å²) in [6, 6.07) is 18.4. The quantitative estimate of drug-likeness (QED) is 0.768. The van der Waals surface area contributed by atoms with E-state index in [4.69, 9.17) is 5.14 Å². The molecule has 1 saturated carbocycles. The first kappa shape index (κ1) is 21.1. The molecule has 1 aliphatic carbocycles. The van der Waals surface area contributed by atoms with Crippen LogP contribution >= 0.6 is 0 Å². The van der Waals surface area contributed by atoms with Gasteiger partial charge in [0.05, 0.1) is 5.75 Å². The molecule has 2 aliphatic rings. The Kier molecular flexibility index (Phi) is 5.49. The van der Waals surface area contributed by atoms with Gasteiger partial charge in [-0.3, -0.25) is 4.79 Å². The minimum absolute atomic E-state index is 0.0576. The highest BCUT2D eigenvalue weighted by Gasteiger charge is 2.60. The van der Waals surface area contributed by atoms with Gasteiger partial charge in [0.15, 0.2) is 0 Å². The third kappa shape index (κ3) is 4.30. The van der Waals surface area contributed by atoms with E-state index >= 15 is 0 Å². The molecule has 1 saturated heterocycles. The second-order valence-electron chi connectivity index (χ2n) is 9.26. The summed E-state index contributed by atoms with van der Waals surface area (Å²) in [6.07, 6.45) is 2.58. The number of hydrogen-bond acceptors (Lipinski definition) is 3. The van der Waals surface area contributed by atoms with E-state index in [0.717, 1.165) is 29.5 Å². The first-order valence-electron chi connectivity index (χ1n) is 10.6. The SMILES string of the molecule is CC(C)C(=O)N1CC2(CC2)[C@@H](CS(N)(=O)=O)[C@H]1Cc1cccc(-c2ccccc2)c1. The van der Waals surface area contributed by atoms with E-state index in [1.165, 1.54) is 0 Å². The van der Waals surface area contributed by atoms with E-state index in [0.29, 0.717) is 13.0 Å². The van der Waals surface area contributed by atoms with Crippen molar-refractivity contribution >= 4 is 15.9 Å². The average molecular weight is 427 g/mol. The van der Waals surface area contributed by atoms with Gasteiger partial charge in [0.25, 0.3) is 0 Å². The summed E-state index contributed by atoms with van der Waals surface area (Å²) in [5, 5.41) is 5.47. The molecule has 2 aromatic rings. The van der Waals surface area contributed by atoms with Crippen molar-refractivity contribution < 1.29 is 13.2 Å². The monoisotopic (exact) mass is 426 g/mol. The predicted molar refractivity (Wildman–Crippen MR) is 119 cm³/mol. The predicted octanol–water partition coefficient (Wildman–Crippen LogP) is 3.45. The van der Waals surface area contributed by atoms with Crippen LogP contribution in [0.15, 0.2) is 54.6 Å². The molecule has 5 nitrogen and oxygen atoms in total. The highest BCUT2D eigenvalue weighted by Crippen LogP contribution is 2.59. The van der Waals surface area contributed by atoms with Crippen LogP contribution < -0.4 is 5.14 Å². The Labute approximate surface area is 179 Å². The van der Waals surface area contributed by atoms with Gasteiger partial charge < -0.3 is 4.90 Å². The van der Waals surface area contributed by atoms with Gasteiger partial charge in [-0.05, 0) is 41.4 Å². The standard InChI is InChI=1S/C24H30N2O3S/c1-17(2)23(27)26-16-24(11-12-24)21(15-30(25,28)29)22(26)14-18-7-6-10-20(13-18)19-8-4-3-5-9-19/h3-10,13,17,21-22H,11-12,14-16H2,1-2H3,(H2,25,28,29)/t21-,22+/m0/s1. The maximum absolute atomic E-state index is 13.0. The van der Waals surface area contributed by atoms with Crippen molar-refractivity contribution in [3.8, 4) is 11.1 Å². The number of hydrogen-bond donors (Lipinski definition) is 1. The van der Waals surface area contributed by atoms with E-state index in [9.17, 15) is 13.2 Å².